The summed E-state index contributed by atoms with van der Waals surface area (Å²) in [6.45, 7) is 1.49. The first-order valence-corrected chi connectivity index (χ1v) is 11.3. The summed E-state index contributed by atoms with van der Waals surface area (Å²) in [5, 5.41) is 3.42. The van der Waals surface area contributed by atoms with E-state index in [9.17, 15) is 4.79 Å². The van der Waals surface area contributed by atoms with Crippen molar-refractivity contribution in [2.45, 2.75) is 31.4 Å². The fourth-order valence-electron chi connectivity index (χ4n) is 3.42. The van der Waals surface area contributed by atoms with E-state index in [0.717, 1.165) is 47.9 Å². The highest BCUT2D eigenvalue weighted by atomic mass is 35.5. The summed E-state index contributed by atoms with van der Waals surface area (Å²) >= 11 is 9.38. The van der Waals surface area contributed by atoms with Crippen molar-refractivity contribution < 1.29 is 9.53 Å². The minimum absolute atomic E-state index is 0.0319. The molecule has 0 saturated carbocycles. The van der Waals surface area contributed by atoms with Crippen molar-refractivity contribution in [1.29, 1.82) is 0 Å². The first kappa shape index (κ1) is 18.3. The molecule has 7 heteroatoms. The van der Waals surface area contributed by atoms with Crippen LogP contribution in [0.3, 0.4) is 0 Å². The molecule has 0 N–H and O–H groups in total. The Morgan fingerprint density at radius 1 is 1.31 bits per heavy atom. The molecule has 2 fully saturated rings. The molecule has 1 amide bonds. The second-order valence-corrected chi connectivity index (χ2v) is 9.10. The molecular weight excluding hydrogens is 388 g/mol. The number of nitrogens with zero attached hydrogens (tertiary/aromatic N) is 2. The molecule has 2 aliphatic heterocycles. The van der Waals surface area contributed by atoms with Gasteiger partial charge in [-0.3, -0.25) is 4.79 Å². The first-order valence-electron chi connectivity index (χ1n) is 8.92. The average molecular weight is 409 g/mol. The van der Waals surface area contributed by atoms with Gasteiger partial charge < -0.3 is 9.64 Å². The van der Waals surface area contributed by atoms with Crippen LogP contribution in [0.5, 0.6) is 0 Å². The molecule has 0 bridgehead atoms. The van der Waals surface area contributed by atoms with Gasteiger partial charge in [0.15, 0.2) is 0 Å². The highest BCUT2D eigenvalue weighted by molar-refractivity contribution is 7.99. The Labute approximate surface area is 166 Å². The van der Waals surface area contributed by atoms with E-state index in [4.69, 9.17) is 16.3 Å². The lowest BCUT2D eigenvalue weighted by molar-refractivity contribution is 0.0438. The number of hydrogen-bond donors (Lipinski definition) is 0. The highest BCUT2D eigenvalue weighted by Gasteiger charge is 2.32. The maximum Gasteiger partial charge on any atom is 0.273 e. The number of halogens is 1. The van der Waals surface area contributed by atoms with E-state index in [1.807, 2.05) is 46.3 Å². The van der Waals surface area contributed by atoms with Gasteiger partial charge in [0, 0.05) is 40.9 Å². The molecule has 26 heavy (non-hydrogen) atoms. The van der Waals surface area contributed by atoms with Crippen molar-refractivity contribution in [3.63, 3.8) is 0 Å². The van der Waals surface area contributed by atoms with E-state index in [-0.39, 0.29) is 18.1 Å². The molecule has 3 heterocycles. The van der Waals surface area contributed by atoms with Gasteiger partial charge in [0.05, 0.1) is 6.10 Å². The minimum Gasteiger partial charge on any atom is -0.376 e. The molecule has 2 atom stereocenters. The lowest BCUT2D eigenvalue weighted by Gasteiger charge is -2.30. The van der Waals surface area contributed by atoms with E-state index in [0.29, 0.717) is 17.3 Å². The molecule has 2 unspecified atom stereocenters. The van der Waals surface area contributed by atoms with Gasteiger partial charge in [-0.15, -0.1) is 11.3 Å². The van der Waals surface area contributed by atoms with Crippen LogP contribution >= 0.6 is 34.7 Å². The lowest BCUT2D eigenvalue weighted by atomic mass is 10.1. The predicted molar refractivity (Wildman–Crippen MR) is 108 cm³/mol. The number of amides is 1. The first-order chi connectivity index (χ1) is 12.7. The number of carbonyl (C=O) groups is 1. The third-order valence-electron chi connectivity index (χ3n) is 4.85. The predicted octanol–water partition coefficient (Wildman–Crippen LogP) is 4.59. The summed E-state index contributed by atoms with van der Waals surface area (Å²) in [5.74, 6) is 2.16. The van der Waals surface area contributed by atoms with Gasteiger partial charge >= 0.3 is 0 Å². The van der Waals surface area contributed by atoms with E-state index in [1.54, 1.807) is 0 Å². The Morgan fingerprint density at radius 2 is 2.15 bits per heavy atom. The van der Waals surface area contributed by atoms with Crippen LogP contribution in [-0.4, -0.2) is 52.6 Å². The number of benzene rings is 1. The molecular formula is C19H21ClN2O2S2. The number of ether oxygens (including phenoxy) is 1. The zero-order valence-corrected chi connectivity index (χ0v) is 16.8. The van der Waals surface area contributed by atoms with E-state index in [2.05, 4.69) is 4.98 Å². The van der Waals surface area contributed by atoms with Crippen molar-refractivity contribution in [3.05, 3.63) is 40.4 Å². The maximum absolute atomic E-state index is 13.2. The van der Waals surface area contributed by atoms with Crippen LogP contribution in [0.1, 0.15) is 29.8 Å². The van der Waals surface area contributed by atoms with Gasteiger partial charge in [-0.25, -0.2) is 4.98 Å². The Kier molecular flexibility index (Phi) is 5.84. The molecule has 1 aromatic carbocycles. The third-order valence-corrected chi connectivity index (χ3v) is 7.13. The van der Waals surface area contributed by atoms with E-state index in [1.165, 1.54) is 11.3 Å². The van der Waals surface area contributed by atoms with Crippen LogP contribution in [0.25, 0.3) is 10.6 Å². The van der Waals surface area contributed by atoms with Crippen LogP contribution in [-0.2, 0) is 4.74 Å². The topological polar surface area (TPSA) is 42.4 Å². The summed E-state index contributed by atoms with van der Waals surface area (Å²) in [4.78, 5) is 19.8. The van der Waals surface area contributed by atoms with Crippen molar-refractivity contribution in [2.75, 3.05) is 24.7 Å². The number of thiazole rings is 1. The normalized spacial score (nSPS) is 22.7. The molecule has 4 rings (SSSR count). The standard InChI is InChI=1S/C19H21ClN2O2S2/c20-14-5-3-13(4-6-14)18-21-17(12-26-18)19(23)22(15-7-9-25-11-15)10-16-2-1-8-24-16/h3-6,12,15-16H,1-2,7-11H2. The molecule has 2 aliphatic rings. The average Bonchev–Trinajstić information content (AvgIpc) is 3.42. The van der Waals surface area contributed by atoms with Crippen LogP contribution in [0.15, 0.2) is 29.6 Å². The second-order valence-electron chi connectivity index (χ2n) is 6.65. The SMILES string of the molecule is O=C(c1csc(-c2ccc(Cl)cc2)n1)N(CC1CCCO1)C1CCSC1. The largest absolute Gasteiger partial charge is 0.376 e. The fourth-order valence-corrected chi connectivity index (χ4v) is 5.57. The monoisotopic (exact) mass is 408 g/mol. The quantitative estimate of drug-likeness (QED) is 0.725. The van der Waals surface area contributed by atoms with Crippen molar-refractivity contribution in [1.82, 2.24) is 9.88 Å². The third kappa shape index (κ3) is 4.09. The maximum atomic E-state index is 13.2. The summed E-state index contributed by atoms with van der Waals surface area (Å²) in [6, 6.07) is 7.86. The fraction of sp³-hybridized carbons (Fsp3) is 0.474. The van der Waals surface area contributed by atoms with Gasteiger partial charge in [0.2, 0.25) is 0 Å². The minimum atomic E-state index is 0.0319. The molecule has 0 radical (unpaired) electrons. The summed E-state index contributed by atoms with van der Waals surface area (Å²) in [5.41, 5.74) is 1.52. The van der Waals surface area contributed by atoms with Crippen molar-refractivity contribution in [3.8, 4) is 10.6 Å². The van der Waals surface area contributed by atoms with Gasteiger partial charge in [-0.05, 0) is 37.1 Å². The van der Waals surface area contributed by atoms with Gasteiger partial charge in [-0.2, -0.15) is 11.8 Å². The van der Waals surface area contributed by atoms with Gasteiger partial charge in [0.1, 0.15) is 10.7 Å². The highest BCUT2D eigenvalue weighted by Crippen LogP contribution is 2.29. The Balaban J connectivity index is 1.53. The van der Waals surface area contributed by atoms with Crippen LogP contribution in [0, 0.1) is 0 Å². The Hall–Kier alpha value is -1.08. The zero-order valence-electron chi connectivity index (χ0n) is 14.4. The van der Waals surface area contributed by atoms with Crippen LogP contribution in [0.2, 0.25) is 5.02 Å². The van der Waals surface area contributed by atoms with E-state index < -0.39 is 0 Å². The molecule has 0 aliphatic carbocycles. The smallest absolute Gasteiger partial charge is 0.273 e. The molecule has 4 nitrogen and oxygen atoms in total. The summed E-state index contributed by atoms with van der Waals surface area (Å²) in [6.07, 6.45) is 3.34. The van der Waals surface area contributed by atoms with Gasteiger partial charge in [-0.1, -0.05) is 23.7 Å². The number of carbonyl (C=O) groups excluding carboxylic acids is 1. The second kappa shape index (κ2) is 8.30. The molecule has 1 aromatic heterocycles. The van der Waals surface area contributed by atoms with Gasteiger partial charge in [0.25, 0.3) is 5.91 Å². The molecule has 138 valence electrons. The number of hydrogen-bond acceptors (Lipinski definition) is 5. The number of rotatable bonds is 5. The zero-order chi connectivity index (χ0) is 17.9. The van der Waals surface area contributed by atoms with Crippen LogP contribution in [0.4, 0.5) is 0 Å². The number of thioether (sulfide) groups is 1. The molecule has 0 spiro atoms. The Morgan fingerprint density at radius 3 is 2.85 bits per heavy atom. The lowest BCUT2D eigenvalue weighted by Crippen LogP contribution is -2.44. The summed E-state index contributed by atoms with van der Waals surface area (Å²) < 4.78 is 5.78. The number of aromatic nitrogens is 1. The summed E-state index contributed by atoms with van der Waals surface area (Å²) in [7, 11) is 0. The Bertz CT molecular complexity index is 753. The molecule has 2 aromatic rings. The van der Waals surface area contributed by atoms with Crippen molar-refractivity contribution in [2.24, 2.45) is 0 Å². The van der Waals surface area contributed by atoms with Crippen molar-refractivity contribution >= 4 is 40.6 Å². The van der Waals surface area contributed by atoms with Crippen LogP contribution < -0.4 is 0 Å². The van der Waals surface area contributed by atoms with E-state index >= 15 is 0 Å². The molecule has 2 saturated heterocycles.